The van der Waals surface area contributed by atoms with Crippen LogP contribution in [0, 0.1) is 13.8 Å². The summed E-state index contributed by atoms with van der Waals surface area (Å²) in [7, 11) is 0. The van der Waals surface area contributed by atoms with E-state index in [0.29, 0.717) is 25.3 Å². The molecular formula is C19H21N5O2. The van der Waals surface area contributed by atoms with Crippen molar-refractivity contribution in [3.63, 3.8) is 0 Å². The lowest BCUT2D eigenvalue weighted by molar-refractivity contribution is -0.132. The Hall–Kier alpha value is -2.96. The molecule has 3 aromatic rings. The minimum absolute atomic E-state index is 0.0572. The van der Waals surface area contributed by atoms with Crippen molar-refractivity contribution >= 4 is 5.91 Å². The monoisotopic (exact) mass is 351 g/mol. The van der Waals surface area contributed by atoms with Crippen LogP contribution >= 0.6 is 0 Å². The Balaban J connectivity index is 1.57. The number of aromatic nitrogens is 4. The summed E-state index contributed by atoms with van der Waals surface area (Å²) in [6.45, 7) is 6.89. The summed E-state index contributed by atoms with van der Waals surface area (Å²) >= 11 is 0. The molecule has 1 aromatic carbocycles. The molecule has 26 heavy (non-hydrogen) atoms. The van der Waals surface area contributed by atoms with Gasteiger partial charge in [0.25, 0.3) is 0 Å². The van der Waals surface area contributed by atoms with Gasteiger partial charge in [-0.1, -0.05) is 35.5 Å². The molecule has 134 valence electrons. The first-order valence-electron chi connectivity index (χ1n) is 8.73. The van der Waals surface area contributed by atoms with E-state index in [1.54, 1.807) is 0 Å². The standard InChI is InChI=1S/C19H21N5O2/c1-12-10-23(18(25)9-16-13(2)22-26-14(16)3)11-17-20-21-19(24(12)17)15-7-5-4-6-8-15/h4-8,12H,9-11H2,1-3H3/t12-/m0/s1. The molecule has 7 heteroatoms. The van der Waals surface area contributed by atoms with Crippen molar-refractivity contribution in [2.24, 2.45) is 0 Å². The third-order valence-corrected chi connectivity index (χ3v) is 4.92. The van der Waals surface area contributed by atoms with Crippen molar-refractivity contribution in [1.29, 1.82) is 0 Å². The topological polar surface area (TPSA) is 77.1 Å². The number of hydrogen-bond acceptors (Lipinski definition) is 5. The van der Waals surface area contributed by atoms with Gasteiger partial charge in [-0.2, -0.15) is 0 Å². The van der Waals surface area contributed by atoms with E-state index < -0.39 is 0 Å². The van der Waals surface area contributed by atoms with E-state index >= 15 is 0 Å². The van der Waals surface area contributed by atoms with E-state index in [4.69, 9.17) is 4.52 Å². The molecule has 2 aromatic heterocycles. The summed E-state index contributed by atoms with van der Waals surface area (Å²) in [5, 5.41) is 12.6. The first-order chi connectivity index (χ1) is 12.5. The predicted octanol–water partition coefficient (Wildman–Crippen LogP) is 2.70. The molecule has 0 spiro atoms. The normalized spacial score (nSPS) is 16.6. The zero-order valence-corrected chi connectivity index (χ0v) is 15.1. The molecule has 0 saturated heterocycles. The summed E-state index contributed by atoms with van der Waals surface area (Å²) in [4.78, 5) is 14.6. The van der Waals surface area contributed by atoms with Gasteiger partial charge in [-0.15, -0.1) is 10.2 Å². The zero-order chi connectivity index (χ0) is 18.3. The summed E-state index contributed by atoms with van der Waals surface area (Å²) in [5.41, 5.74) is 2.68. The van der Waals surface area contributed by atoms with Gasteiger partial charge in [0.1, 0.15) is 5.76 Å². The highest BCUT2D eigenvalue weighted by Crippen LogP contribution is 2.28. The van der Waals surface area contributed by atoms with Crippen LogP contribution in [-0.2, 0) is 17.8 Å². The van der Waals surface area contributed by atoms with Crippen LogP contribution in [0.25, 0.3) is 11.4 Å². The van der Waals surface area contributed by atoms with Crippen molar-refractivity contribution < 1.29 is 9.32 Å². The van der Waals surface area contributed by atoms with Crippen molar-refractivity contribution in [2.45, 2.75) is 39.8 Å². The molecule has 1 aliphatic rings. The van der Waals surface area contributed by atoms with E-state index in [0.717, 1.165) is 28.5 Å². The fraction of sp³-hybridized carbons (Fsp3) is 0.368. The first kappa shape index (κ1) is 16.5. The van der Waals surface area contributed by atoms with Gasteiger partial charge in [0, 0.05) is 17.7 Å². The van der Waals surface area contributed by atoms with Gasteiger partial charge >= 0.3 is 0 Å². The van der Waals surface area contributed by atoms with Gasteiger partial charge in [0.15, 0.2) is 11.6 Å². The van der Waals surface area contributed by atoms with Gasteiger partial charge in [-0.25, -0.2) is 0 Å². The van der Waals surface area contributed by atoms with E-state index in [9.17, 15) is 4.79 Å². The van der Waals surface area contributed by atoms with Crippen molar-refractivity contribution in [3.05, 3.63) is 53.2 Å². The van der Waals surface area contributed by atoms with Crippen LogP contribution in [0.5, 0.6) is 0 Å². The second-order valence-corrected chi connectivity index (χ2v) is 6.78. The maximum atomic E-state index is 12.8. The predicted molar refractivity (Wildman–Crippen MR) is 95.3 cm³/mol. The summed E-state index contributed by atoms with van der Waals surface area (Å²) < 4.78 is 7.30. The van der Waals surface area contributed by atoms with Crippen LogP contribution in [-0.4, -0.2) is 37.3 Å². The molecule has 3 heterocycles. The van der Waals surface area contributed by atoms with Gasteiger partial charge < -0.3 is 14.0 Å². The van der Waals surface area contributed by atoms with Crippen LogP contribution < -0.4 is 0 Å². The van der Waals surface area contributed by atoms with Crippen LogP contribution in [0.4, 0.5) is 0 Å². The number of carbonyl (C=O) groups excluding carboxylic acids is 1. The largest absolute Gasteiger partial charge is 0.361 e. The Morgan fingerprint density at radius 1 is 1.23 bits per heavy atom. The molecule has 0 N–H and O–H groups in total. The van der Waals surface area contributed by atoms with Crippen molar-refractivity contribution in [3.8, 4) is 11.4 Å². The van der Waals surface area contributed by atoms with Crippen LogP contribution in [0.15, 0.2) is 34.9 Å². The number of carbonyl (C=O) groups is 1. The highest BCUT2D eigenvalue weighted by Gasteiger charge is 2.30. The lowest BCUT2D eigenvalue weighted by Crippen LogP contribution is -2.41. The maximum Gasteiger partial charge on any atom is 0.227 e. The molecule has 0 radical (unpaired) electrons. The minimum Gasteiger partial charge on any atom is -0.361 e. The molecule has 1 aliphatic heterocycles. The minimum atomic E-state index is 0.0572. The number of benzene rings is 1. The highest BCUT2D eigenvalue weighted by atomic mass is 16.5. The highest BCUT2D eigenvalue weighted by molar-refractivity contribution is 5.79. The second-order valence-electron chi connectivity index (χ2n) is 6.78. The average molecular weight is 351 g/mol. The molecular weight excluding hydrogens is 330 g/mol. The number of amides is 1. The lowest BCUT2D eigenvalue weighted by atomic mass is 10.1. The number of nitrogens with zero attached hydrogens (tertiary/aromatic N) is 5. The fourth-order valence-electron chi connectivity index (χ4n) is 3.52. The molecule has 0 fully saturated rings. The Morgan fingerprint density at radius 2 is 2.00 bits per heavy atom. The van der Waals surface area contributed by atoms with Gasteiger partial charge in [-0.3, -0.25) is 4.79 Å². The Labute approximate surface area is 151 Å². The quantitative estimate of drug-likeness (QED) is 0.725. The number of hydrogen-bond donors (Lipinski definition) is 0. The summed E-state index contributed by atoms with van der Waals surface area (Å²) in [5.74, 6) is 2.43. The Kier molecular flexibility index (Phi) is 4.06. The van der Waals surface area contributed by atoms with Crippen LogP contribution in [0.2, 0.25) is 0 Å². The summed E-state index contributed by atoms with van der Waals surface area (Å²) in [6, 6.07) is 10.1. The van der Waals surface area contributed by atoms with E-state index in [1.807, 2.05) is 49.1 Å². The van der Waals surface area contributed by atoms with E-state index in [1.165, 1.54) is 0 Å². The number of aryl methyl sites for hydroxylation is 2. The number of fused-ring (bicyclic) bond motifs is 1. The molecule has 0 unspecified atom stereocenters. The Bertz CT molecular complexity index is 925. The molecule has 4 rings (SSSR count). The first-order valence-corrected chi connectivity index (χ1v) is 8.73. The van der Waals surface area contributed by atoms with Gasteiger partial charge in [-0.05, 0) is 20.8 Å². The van der Waals surface area contributed by atoms with E-state index in [-0.39, 0.29) is 11.9 Å². The SMILES string of the molecule is Cc1noc(C)c1CC(=O)N1Cc2nnc(-c3ccccc3)n2[C@@H](C)C1. The molecule has 1 atom stereocenters. The molecule has 7 nitrogen and oxygen atoms in total. The second kappa shape index (κ2) is 6.40. The fourth-order valence-corrected chi connectivity index (χ4v) is 3.52. The maximum absolute atomic E-state index is 12.8. The molecule has 0 saturated carbocycles. The smallest absolute Gasteiger partial charge is 0.227 e. The van der Waals surface area contributed by atoms with Gasteiger partial charge in [0.2, 0.25) is 5.91 Å². The Morgan fingerprint density at radius 3 is 2.69 bits per heavy atom. The van der Waals surface area contributed by atoms with Gasteiger partial charge in [0.05, 0.1) is 24.7 Å². The summed E-state index contributed by atoms with van der Waals surface area (Å²) in [6.07, 6.45) is 0.299. The molecule has 1 amide bonds. The van der Waals surface area contributed by atoms with Crippen molar-refractivity contribution in [1.82, 2.24) is 24.8 Å². The third kappa shape index (κ3) is 2.79. The van der Waals surface area contributed by atoms with Crippen LogP contribution in [0.1, 0.15) is 35.8 Å². The van der Waals surface area contributed by atoms with E-state index in [2.05, 4.69) is 26.8 Å². The van der Waals surface area contributed by atoms with Crippen LogP contribution in [0.3, 0.4) is 0 Å². The zero-order valence-electron chi connectivity index (χ0n) is 15.1. The number of rotatable bonds is 3. The average Bonchev–Trinajstić information content (AvgIpc) is 3.21. The lowest BCUT2D eigenvalue weighted by Gasteiger charge is -2.32. The van der Waals surface area contributed by atoms with Crippen molar-refractivity contribution in [2.75, 3.05) is 6.54 Å². The third-order valence-electron chi connectivity index (χ3n) is 4.92. The molecule has 0 bridgehead atoms. The molecule has 0 aliphatic carbocycles.